The zero-order chi connectivity index (χ0) is 12.8. The van der Waals surface area contributed by atoms with Crippen molar-refractivity contribution in [2.24, 2.45) is 0 Å². The Balaban J connectivity index is 1.66. The first kappa shape index (κ1) is 12.7. The van der Waals surface area contributed by atoms with Gasteiger partial charge >= 0.3 is 6.09 Å². The van der Waals surface area contributed by atoms with E-state index in [1.807, 2.05) is 12.1 Å². The maximum absolute atomic E-state index is 11.5. The molecule has 5 heteroatoms. The molecule has 2 heterocycles. The van der Waals surface area contributed by atoms with Crippen molar-refractivity contribution in [2.75, 3.05) is 19.7 Å². The zero-order valence-electron chi connectivity index (χ0n) is 10.5. The Labute approximate surface area is 107 Å². The summed E-state index contributed by atoms with van der Waals surface area (Å²) in [5.41, 5.74) is 0. The molecule has 1 saturated heterocycles. The third kappa shape index (κ3) is 3.35. The van der Waals surface area contributed by atoms with Crippen LogP contribution in [0, 0.1) is 0 Å². The highest BCUT2D eigenvalue weighted by atomic mass is 16.6. The van der Waals surface area contributed by atoms with Crippen LogP contribution in [0.2, 0.25) is 0 Å². The first-order valence-electron chi connectivity index (χ1n) is 6.28. The van der Waals surface area contributed by atoms with Gasteiger partial charge in [0.1, 0.15) is 11.9 Å². The Bertz CT molecular complexity index is 377. The number of amides is 1. The molecule has 1 amide bonds. The Hall–Kier alpha value is -1.78. The largest absolute Gasteiger partial charge is 0.485 e. The molecule has 0 saturated carbocycles. The van der Waals surface area contributed by atoms with Crippen molar-refractivity contribution in [2.45, 2.75) is 25.9 Å². The molecule has 0 unspecified atom stereocenters. The maximum Gasteiger partial charge on any atom is 0.410 e. The number of nitrogens with zero attached hydrogens (tertiary/aromatic N) is 2. The van der Waals surface area contributed by atoms with E-state index < -0.39 is 0 Å². The summed E-state index contributed by atoms with van der Waals surface area (Å²) >= 11 is 0. The molecule has 0 N–H and O–H groups in total. The Morgan fingerprint density at radius 2 is 2.39 bits per heavy atom. The lowest BCUT2D eigenvalue weighted by Crippen LogP contribution is -2.56. The molecule has 0 atom stereocenters. The third-order valence-electron chi connectivity index (χ3n) is 2.77. The second kappa shape index (κ2) is 6.23. The fraction of sp³-hybridized carbons (Fsp3) is 0.538. The van der Waals surface area contributed by atoms with Crippen LogP contribution in [0.3, 0.4) is 0 Å². The number of aromatic nitrogens is 1. The van der Waals surface area contributed by atoms with E-state index in [-0.39, 0.29) is 12.2 Å². The van der Waals surface area contributed by atoms with Crippen LogP contribution >= 0.6 is 0 Å². The maximum atomic E-state index is 11.5. The van der Waals surface area contributed by atoms with Crippen LogP contribution in [-0.4, -0.2) is 41.8 Å². The predicted molar refractivity (Wildman–Crippen MR) is 66.5 cm³/mol. The Kier molecular flexibility index (Phi) is 4.39. The molecule has 0 spiro atoms. The van der Waals surface area contributed by atoms with E-state index >= 15 is 0 Å². The third-order valence-corrected chi connectivity index (χ3v) is 2.77. The lowest BCUT2D eigenvalue weighted by atomic mass is 10.2. The Morgan fingerprint density at radius 1 is 1.56 bits per heavy atom. The van der Waals surface area contributed by atoms with Crippen molar-refractivity contribution in [3.63, 3.8) is 0 Å². The van der Waals surface area contributed by atoms with Crippen LogP contribution in [0.15, 0.2) is 24.5 Å². The molecule has 0 aromatic carbocycles. The molecule has 0 aliphatic carbocycles. The van der Waals surface area contributed by atoms with E-state index in [9.17, 15) is 4.79 Å². The summed E-state index contributed by atoms with van der Waals surface area (Å²) in [6.07, 6.45) is 5.12. The van der Waals surface area contributed by atoms with Gasteiger partial charge in [-0.1, -0.05) is 13.3 Å². The summed E-state index contributed by atoms with van der Waals surface area (Å²) < 4.78 is 10.7. The number of rotatable bonds is 5. The van der Waals surface area contributed by atoms with Crippen LogP contribution in [0.1, 0.15) is 19.8 Å². The molecule has 0 bridgehead atoms. The van der Waals surface area contributed by atoms with Gasteiger partial charge in [-0.05, 0) is 18.6 Å². The first-order valence-corrected chi connectivity index (χ1v) is 6.28. The fourth-order valence-electron chi connectivity index (χ4n) is 1.67. The highest BCUT2D eigenvalue weighted by Crippen LogP contribution is 2.17. The fourth-order valence-corrected chi connectivity index (χ4v) is 1.67. The summed E-state index contributed by atoms with van der Waals surface area (Å²) in [6.45, 7) is 3.73. The summed E-state index contributed by atoms with van der Waals surface area (Å²) in [6, 6.07) is 3.68. The molecule has 1 aromatic rings. The van der Waals surface area contributed by atoms with E-state index in [0.717, 1.165) is 18.6 Å². The number of carbonyl (C=O) groups excluding carboxylic acids is 1. The minimum atomic E-state index is -0.241. The summed E-state index contributed by atoms with van der Waals surface area (Å²) in [5, 5.41) is 0. The summed E-state index contributed by atoms with van der Waals surface area (Å²) in [4.78, 5) is 17.2. The van der Waals surface area contributed by atoms with Crippen LogP contribution in [0.5, 0.6) is 5.75 Å². The quantitative estimate of drug-likeness (QED) is 0.751. The molecule has 1 aliphatic heterocycles. The monoisotopic (exact) mass is 250 g/mol. The lowest BCUT2D eigenvalue weighted by molar-refractivity contribution is 0.0107. The molecule has 18 heavy (non-hydrogen) atoms. The van der Waals surface area contributed by atoms with Gasteiger partial charge in [0.05, 0.1) is 25.9 Å². The number of unbranched alkanes of at least 4 members (excludes halogenated alkanes) is 1. The van der Waals surface area contributed by atoms with E-state index in [1.54, 1.807) is 17.3 Å². The average Bonchev–Trinajstić information content (AvgIpc) is 2.34. The van der Waals surface area contributed by atoms with Crippen molar-refractivity contribution in [3.8, 4) is 5.75 Å². The van der Waals surface area contributed by atoms with Crippen molar-refractivity contribution in [3.05, 3.63) is 24.5 Å². The standard InChI is InChI=1S/C13H18N2O3/c1-2-3-7-17-13(16)15-9-12(10-15)18-11-5-4-6-14-8-11/h4-6,8,12H,2-3,7,9-10H2,1H3. The average molecular weight is 250 g/mol. The molecule has 1 aliphatic rings. The van der Waals surface area contributed by atoms with Gasteiger partial charge in [0.2, 0.25) is 0 Å². The smallest absolute Gasteiger partial charge is 0.410 e. The van der Waals surface area contributed by atoms with Gasteiger partial charge in [0, 0.05) is 6.20 Å². The van der Waals surface area contributed by atoms with Crippen molar-refractivity contribution >= 4 is 6.09 Å². The molecular formula is C13H18N2O3. The van der Waals surface area contributed by atoms with Crippen molar-refractivity contribution < 1.29 is 14.3 Å². The van der Waals surface area contributed by atoms with Gasteiger partial charge in [-0.15, -0.1) is 0 Å². The number of hydrogen-bond donors (Lipinski definition) is 0. The molecule has 1 fully saturated rings. The second-order valence-corrected chi connectivity index (χ2v) is 4.30. The molecular weight excluding hydrogens is 232 g/mol. The van der Waals surface area contributed by atoms with Gasteiger partial charge in [-0.3, -0.25) is 4.98 Å². The molecule has 5 nitrogen and oxygen atoms in total. The number of hydrogen-bond acceptors (Lipinski definition) is 4. The second-order valence-electron chi connectivity index (χ2n) is 4.30. The molecule has 1 aromatic heterocycles. The Morgan fingerprint density at radius 3 is 3.06 bits per heavy atom. The lowest BCUT2D eigenvalue weighted by Gasteiger charge is -2.37. The topological polar surface area (TPSA) is 51.7 Å². The van der Waals surface area contributed by atoms with Crippen LogP contribution < -0.4 is 4.74 Å². The summed E-state index contributed by atoms with van der Waals surface area (Å²) in [7, 11) is 0. The zero-order valence-corrected chi connectivity index (χ0v) is 10.5. The first-order chi connectivity index (χ1) is 8.79. The molecule has 0 radical (unpaired) electrons. The van der Waals surface area contributed by atoms with Gasteiger partial charge in [0.15, 0.2) is 0 Å². The number of carbonyl (C=O) groups is 1. The van der Waals surface area contributed by atoms with E-state index in [4.69, 9.17) is 9.47 Å². The van der Waals surface area contributed by atoms with E-state index in [1.165, 1.54) is 0 Å². The van der Waals surface area contributed by atoms with Gasteiger partial charge in [0.25, 0.3) is 0 Å². The highest BCUT2D eigenvalue weighted by Gasteiger charge is 2.33. The molecule has 98 valence electrons. The van der Waals surface area contributed by atoms with E-state index in [2.05, 4.69) is 11.9 Å². The minimum Gasteiger partial charge on any atom is -0.485 e. The number of ether oxygens (including phenoxy) is 2. The molecule has 2 rings (SSSR count). The number of likely N-dealkylation sites (tertiary alicyclic amines) is 1. The van der Waals surface area contributed by atoms with Crippen LogP contribution in [0.25, 0.3) is 0 Å². The highest BCUT2D eigenvalue weighted by molar-refractivity contribution is 5.68. The normalized spacial score (nSPS) is 15.1. The van der Waals surface area contributed by atoms with Gasteiger partial charge in [-0.2, -0.15) is 0 Å². The SMILES string of the molecule is CCCCOC(=O)N1CC(Oc2cccnc2)C1. The van der Waals surface area contributed by atoms with Crippen molar-refractivity contribution in [1.82, 2.24) is 9.88 Å². The summed E-state index contributed by atoms with van der Waals surface area (Å²) in [5.74, 6) is 0.738. The van der Waals surface area contributed by atoms with Crippen molar-refractivity contribution in [1.29, 1.82) is 0 Å². The predicted octanol–water partition coefficient (Wildman–Crippen LogP) is 2.08. The van der Waals surface area contributed by atoms with Crippen LogP contribution in [0.4, 0.5) is 4.79 Å². The number of pyridine rings is 1. The van der Waals surface area contributed by atoms with Crippen LogP contribution in [-0.2, 0) is 4.74 Å². The minimum absolute atomic E-state index is 0.0490. The van der Waals surface area contributed by atoms with E-state index in [0.29, 0.717) is 19.7 Å². The van der Waals surface area contributed by atoms with Gasteiger partial charge < -0.3 is 14.4 Å². The van der Waals surface area contributed by atoms with Gasteiger partial charge in [-0.25, -0.2) is 4.79 Å².